The highest BCUT2D eigenvalue weighted by molar-refractivity contribution is 5.94. The summed E-state index contributed by atoms with van der Waals surface area (Å²) >= 11 is 0. The fraction of sp³-hybridized carbons (Fsp3) is 0.350. The van der Waals surface area contributed by atoms with Crippen LogP contribution in [0.25, 0.3) is 10.9 Å². The number of carbonyl (C=O) groups excluding carboxylic acids is 1. The number of nitrogens with zero attached hydrogens (tertiary/aromatic N) is 3. The molecule has 0 spiro atoms. The zero-order valence-corrected chi connectivity index (χ0v) is 14.8. The van der Waals surface area contributed by atoms with Crippen molar-refractivity contribution >= 4 is 16.8 Å². The minimum atomic E-state index is 0.0262. The molecule has 134 valence electrons. The van der Waals surface area contributed by atoms with Gasteiger partial charge in [-0.15, -0.1) is 0 Å². The van der Waals surface area contributed by atoms with Crippen molar-refractivity contribution in [1.82, 2.24) is 20.1 Å². The summed E-state index contributed by atoms with van der Waals surface area (Å²) < 4.78 is 5.76. The third kappa shape index (κ3) is 3.60. The smallest absolute Gasteiger partial charge is 0.255 e. The van der Waals surface area contributed by atoms with Crippen molar-refractivity contribution in [3.63, 3.8) is 0 Å². The zero-order chi connectivity index (χ0) is 17.9. The van der Waals surface area contributed by atoms with Crippen LogP contribution >= 0.6 is 0 Å². The predicted molar refractivity (Wildman–Crippen MR) is 99.0 cm³/mol. The lowest BCUT2D eigenvalue weighted by Gasteiger charge is -2.23. The lowest BCUT2D eigenvalue weighted by atomic mass is 9.98. The Kier molecular flexibility index (Phi) is 4.67. The third-order valence-electron chi connectivity index (χ3n) is 4.81. The molecule has 4 rings (SSSR count). The maximum absolute atomic E-state index is 12.8. The molecule has 1 aliphatic rings. The molecule has 1 fully saturated rings. The van der Waals surface area contributed by atoms with E-state index in [0.29, 0.717) is 31.9 Å². The summed E-state index contributed by atoms with van der Waals surface area (Å²) in [5.41, 5.74) is 3.82. The molecule has 6 heteroatoms. The molecule has 0 saturated carbocycles. The Balaban J connectivity index is 1.48. The van der Waals surface area contributed by atoms with E-state index in [-0.39, 0.29) is 11.8 Å². The van der Waals surface area contributed by atoms with Crippen LogP contribution in [0.2, 0.25) is 0 Å². The Morgan fingerprint density at radius 2 is 2.23 bits per heavy atom. The minimum Gasteiger partial charge on any atom is -0.379 e. The molecule has 3 heterocycles. The Hall–Kier alpha value is -2.73. The molecular weight excluding hydrogens is 328 g/mol. The number of H-pyrrole nitrogens is 1. The summed E-state index contributed by atoms with van der Waals surface area (Å²) in [6, 6.07) is 10.0. The van der Waals surface area contributed by atoms with Gasteiger partial charge in [0.2, 0.25) is 0 Å². The average Bonchev–Trinajstić information content (AvgIpc) is 2.99. The van der Waals surface area contributed by atoms with E-state index in [0.717, 1.165) is 23.0 Å². The molecule has 6 nitrogen and oxygen atoms in total. The fourth-order valence-electron chi connectivity index (χ4n) is 3.42. The van der Waals surface area contributed by atoms with Crippen molar-refractivity contribution in [1.29, 1.82) is 0 Å². The Morgan fingerprint density at radius 1 is 1.31 bits per heavy atom. The number of hydrogen-bond acceptors (Lipinski definition) is 4. The van der Waals surface area contributed by atoms with Gasteiger partial charge in [0.1, 0.15) is 0 Å². The number of ether oxygens (including phenoxy) is 1. The van der Waals surface area contributed by atoms with E-state index in [1.807, 2.05) is 30.2 Å². The number of aryl methyl sites for hydroxylation is 1. The predicted octanol–water partition coefficient (Wildman–Crippen LogP) is 2.60. The maximum Gasteiger partial charge on any atom is 0.255 e. The van der Waals surface area contributed by atoms with Crippen LogP contribution in [0.1, 0.15) is 21.6 Å². The van der Waals surface area contributed by atoms with Crippen molar-refractivity contribution < 1.29 is 9.53 Å². The monoisotopic (exact) mass is 350 g/mol. The molecule has 0 radical (unpaired) electrons. The van der Waals surface area contributed by atoms with Gasteiger partial charge in [0.05, 0.1) is 30.5 Å². The molecule has 1 saturated heterocycles. The summed E-state index contributed by atoms with van der Waals surface area (Å²) in [7, 11) is 0. The number of aromatic nitrogens is 3. The van der Waals surface area contributed by atoms with Crippen LogP contribution in [-0.2, 0) is 11.2 Å². The number of benzene rings is 1. The number of pyridine rings is 1. The van der Waals surface area contributed by atoms with Crippen LogP contribution in [0.5, 0.6) is 0 Å². The first-order valence-corrected chi connectivity index (χ1v) is 8.91. The van der Waals surface area contributed by atoms with Crippen LogP contribution in [0.3, 0.4) is 0 Å². The topological polar surface area (TPSA) is 71.1 Å². The second-order valence-electron chi connectivity index (χ2n) is 6.88. The number of amides is 1. The second-order valence-corrected chi connectivity index (χ2v) is 6.88. The standard InChI is InChI=1S/C20H22N4O2/c1-14-2-4-17(10-21-14)20(25)24-6-7-26-13-16(12-24)8-15-3-5-19-18(9-15)11-22-23-19/h2-5,9-11,16H,6-8,12-13H2,1H3,(H,22,23). The number of rotatable bonds is 3. The SMILES string of the molecule is Cc1ccc(C(=O)N2CCOCC(Cc3ccc4[nH]ncc4c3)C2)cn1. The Morgan fingerprint density at radius 3 is 3.08 bits per heavy atom. The molecule has 1 N–H and O–H groups in total. The van der Waals surface area contributed by atoms with E-state index in [1.165, 1.54) is 5.56 Å². The molecule has 1 atom stereocenters. The Labute approximate surface area is 152 Å². The quantitative estimate of drug-likeness (QED) is 0.788. The first kappa shape index (κ1) is 16.7. The van der Waals surface area contributed by atoms with E-state index in [1.54, 1.807) is 6.20 Å². The molecule has 0 bridgehead atoms. The number of aromatic amines is 1. The fourth-order valence-corrected chi connectivity index (χ4v) is 3.42. The first-order valence-electron chi connectivity index (χ1n) is 8.91. The molecule has 1 unspecified atom stereocenters. The van der Waals surface area contributed by atoms with Crippen molar-refractivity contribution in [3.8, 4) is 0 Å². The normalized spacial score (nSPS) is 18.0. The maximum atomic E-state index is 12.8. The molecule has 1 aliphatic heterocycles. The number of fused-ring (bicyclic) bond motifs is 1. The highest BCUT2D eigenvalue weighted by Gasteiger charge is 2.24. The molecule has 3 aromatic rings. The van der Waals surface area contributed by atoms with Gasteiger partial charge in [0, 0.05) is 36.3 Å². The van der Waals surface area contributed by atoms with Crippen LogP contribution in [0.15, 0.2) is 42.7 Å². The van der Waals surface area contributed by atoms with Crippen LogP contribution < -0.4 is 0 Å². The largest absolute Gasteiger partial charge is 0.379 e. The van der Waals surface area contributed by atoms with Gasteiger partial charge in [-0.2, -0.15) is 5.10 Å². The molecule has 1 aromatic carbocycles. The molecule has 26 heavy (non-hydrogen) atoms. The van der Waals surface area contributed by atoms with Crippen molar-refractivity contribution in [2.75, 3.05) is 26.3 Å². The lowest BCUT2D eigenvalue weighted by Crippen LogP contribution is -2.36. The van der Waals surface area contributed by atoms with Gasteiger partial charge in [-0.05, 0) is 43.2 Å². The van der Waals surface area contributed by atoms with Gasteiger partial charge in [-0.25, -0.2) is 0 Å². The molecule has 0 aliphatic carbocycles. The number of nitrogens with one attached hydrogen (secondary N) is 1. The summed E-state index contributed by atoms with van der Waals surface area (Å²) in [4.78, 5) is 19.0. The van der Waals surface area contributed by atoms with Crippen LogP contribution in [0.4, 0.5) is 0 Å². The number of carbonyl (C=O) groups is 1. The lowest BCUT2D eigenvalue weighted by molar-refractivity contribution is 0.0737. The van der Waals surface area contributed by atoms with Gasteiger partial charge in [0.15, 0.2) is 0 Å². The van der Waals surface area contributed by atoms with Gasteiger partial charge < -0.3 is 9.64 Å². The van der Waals surface area contributed by atoms with Gasteiger partial charge >= 0.3 is 0 Å². The summed E-state index contributed by atoms with van der Waals surface area (Å²) in [6.07, 6.45) is 4.37. The van der Waals surface area contributed by atoms with E-state index in [9.17, 15) is 4.79 Å². The van der Waals surface area contributed by atoms with Crippen molar-refractivity contribution in [2.45, 2.75) is 13.3 Å². The highest BCUT2D eigenvalue weighted by Crippen LogP contribution is 2.19. The van der Waals surface area contributed by atoms with Gasteiger partial charge in [-0.1, -0.05) is 6.07 Å². The van der Waals surface area contributed by atoms with Crippen molar-refractivity contribution in [3.05, 3.63) is 59.5 Å². The van der Waals surface area contributed by atoms with E-state index in [2.05, 4.69) is 33.4 Å². The third-order valence-corrected chi connectivity index (χ3v) is 4.81. The summed E-state index contributed by atoms with van der Waals surface area (Å²) in [5, 5.41) is 8.15. The second kappa shape index (κ2) is 7.25. The van der Waals surface area contributed by atoms with E-state index < -0.39 is 0 Å². The minimum absolute atomic E-state index is 0.0262. The number of hydrogen-bond donors (Lipinski definition) is 1. The summed E-state index contributed by atoms with van der Waals surface area (Å²) in [5.74, 6) is 0.294. The highest BCUT2D eigenvalue weighted by atomic mass is 16.5. The van der Waals surface area contributed by atoms with Gasteiger partial charge in [0.25, 0.3) is 5.91 Å². The molecule has 2 aromatic heterocycles. The average molecular weight is 350 g/mol. The summed E-state index contributed by atoms with van der Waals surface area (Å²) in [6.45, 7) is 4.46. The molecule has 1 amide bonds. The van der Waals surface area contributed by atoms with Crippen molar-refractivity contribution in [2.24, 2.45) is 5.92 Å². The molecular formula is C20H22N4O2. The van der Waals surface area contributed by atoms with Gasteiger partial charge in [-0.3, -0.25) is 14.9 Å². The van der Waals surface area contributed by atoms with E-state index >= 15 is 0 Å². The van der Waals surface area contributed by atoms with E-state index in [4.69, 9.17) is 4.74 Å². The zero-order valence-electron chi connectivity index (χ0n) is 14.8. The first-order chi connectivity index (χ1) is 12.7. The Bertz CT molecular complexity index is 904. The van der Waals surface area contributed by atoms with Crippen LogP contribution in [-0.4, -0.2) is 52.3 Å². The van der Waals surface area contributed by atoms with Crippen LogP contribution in [0, 0.1) is 12.8 Å².